The highest BCUT2D eigenvalue weighted by Crippen LogP contribution is 2.29. The SMILES string of the molecule is CC(C)c1nnsc1-c1nnc(CCCl)o1. The Hall–Kier alpha value is -1.01. The van der Waals surface area contributed by atoms with E-state index in [-0.39, 0.29) is 5.92 Å². The summed E-state index contributed by atoms with van der Waals surface area (Å²) in [4.78, 5) is 0.850. The van der Waals surface area contributed by atoms with Crippen molar-refractivity contribution in [1.29, 1.82) is 0 Å². The number of hydrogen-bond acceptors (Lipinski definition) is 6. The fourth-order valence-electron chi connectivity index (χ4n) is 1.25. The number of alkyl halides is 1. The van der Waals surface area contributed by atoms with Crippen LogP contribution in [-0.4, -0.2) is 25.7 Å². The predicted molar refractivity (Wildman–Crippen MR) is 61.7 cm³/mol. The number of halogens is 1. The Morgan fingerprint density at radius 2 is 2.12 bits per heavy atom. The summed E-state index contributed by atoms with van der Waals surface area (Å²) in [5.41, 5.74) is 0.895. The maximum atomic E-state index is 5.60. The minimum atomic E-state index is 0.289. The molecule has 0 aliphatic carbocycles. The van der Waals surface area contributed by atoms with Crippen LogP contribution in [-0.2, 0) is 6.42 Å². The van der Waals surface area contributed by atoms with Gasteiger partial charge in [-0.3, -0.25) is 0 Å². The van der Waals surface area contributed by atoms with Gasteiger partial charge in [0, 0.05) is 12.3 Å². The van der Waals surface area contributed by atoms with Crippen LogP contribution in [0.4, 0.5) is 0 Å². The Morgan fingerprint density at radius 1 is 1.31 bits per heavy atom. The molecule has 0 aliphatic rings. The van der Waals surface area contributed by atoms with Gasteiger partial charge in [-0.25, -0.2) is 0 Å². The van der Waals surface area contributed by atoms with Crippen LogP contribution in [0.1, 0.15) is 31.4 Å². The van der Waals surface area contributed by atoms with Gasteiger partial charge in [-0.2, -0.15) is 0 Å². The van der Waals surface area contributed by atoms with Crippen molar-refractivity contribution >= 4 is 23.1 Å². The van der Waals surface area contributed by atoms with Crippen LogP contribution in [0.15, 0.2) is 4.42 Å². The maximum absolute atomic E-state index is 5.60. The van der Waals surface area contributed by atoms with Gasteiger partial charge >= 0.3 is 0 Å². The first kappa shape index (κ1) is 11.5. The zero-order chi connectivity index (χ0) is 11.5. The highest BCUT2D eigenvalue weighted by molar-refractivity contribution is 7.09. The van der Waals surface area contributed by atoms with Gasteiger partial charge in [0.15, 0.2) is 0 Å². The fourth-order valence-corrected chi connectivity index (χ4v) is 2.15. The minimum Gasteiger partial charge on any atom is -0.420 e. The van der Waals surface area contributed by atoms with Crippen molar-refractivity contribution in [3.8, 4) is 10.8 Å². The van der Waals surface area contributed by atoms with E-state index < -0.39 is 0 Å². The van der Waals surface area contributed by atoms with Crippen molar-refractivity contribution < 1.29 is 4.42 Å². The molecule has 0 atom stereocenters. The molecule has 16 heavy (non-hydrogen) atoms. The lowest BCUT2D eigenvalue weighted by atomic mass is 10.1. The summed E-state index contributed by atoms with van der Waals surface area (Å²) < 4.78 is 9.40. The van der Waals surface area contributed by atoms with Gasteiger partial charge in [0.1, 0.15) is 4.88 Å². The molecule has 7 heteroatoms. The Labute approximate surface area is 102 Å². The minimum absolute atomic E-state index is 0.289. The van der Waals surface area contributed by atoms with Gasteiger partial charge in [-0.05, 0) is 17.5 Å². The third kappa shape index (κ3) is 2.22. The Morgan fingerprint density at radius 3 is 2.81 bits per heavy atom. The second kappa shape index (κ2) is 4.88. The van der Waals surface area contributed by atoms with Crippen molar-refractivity contribution in [3.63, 3.8) is 0 Å². The number of nitrogens with zero attached hydrogens (tertiary/aromatic N) is 4. The van der Waals surface area contributed by atoms with Gasteiger partial charge in [-0.1, -0.05) is 18.3 Å². The van der Waals surface area contributed by atoms with Crippen LogP contribution in [0.5, 0.6) is 0 Å². The van der Waals surface area contributed by atoms with Gasteiger partial charge in [0.25, 0.3) is 5.89 Å². The zero-order valence-corrected chi connectivity index (χ0v) is 10.5. The molecular weight excluding hydrogens is 248 g/mol. The van der Waals surface area contributed by atoms with E-state index in [1.54, 1.807) is 0 Å². The number of hydrogen-bond donors (Lipinski definition) is 0. The molecule has 2 heterocycles. The molecule has 0 saturated heterocycles. The molecule has 2 aromatic heterocycles. The number of aryl methyl sites for hydroxylation is 1. The van der Waals surface area contributed by atoms with E-state index in [9.17, 15) is 0 Å². The molecule has 0 aliphatic heterocycles. The number of aromatic nitrogens is 4. The van der Waals surface area contributed by atoms with E-state index in [0.29, 0.717) is 24.1 Å². The molecule has 0 unspecified atom stereocenters. The zero-order valence-electron chi connectivity index (χ0n) is 8.97. The van der Waals surface area contributed by atoms with Crippen LogP contribution in [0.3, 0.4) is 0 Å². The van der Waals surface area contributed by atoms with Crippen LogP contribution in [0.25, 0.3) is 10.8 Å². The normalized spacial score (nSPS) is 11.2. The summed E-state index contributed by atoms with van der Waals surface area (Å²) in [6.45, 7) is 4.10. The molecule has 0 spiro atoms. The van der Waals surface area contributed by atoms with Crippen molar-refractivity contribution in [1.82, 2.24) is 19.8 Å². The van der Waals surface area contributed by atoms with Crippen molar-refractivity contribution in [2.45, 2.75) is 26.2 Å². The average Bonchev–Trinajstić information content (AvgIpc) is 2.83. The third-order valence-corrected chi connectivity index (χ3v) is 2.95. The molecule has 0 bridgehead atoms. The average molecular weight is 259 g/mol. The van der Waals surface area contributed by atoms with E-state index in [1.807, 2.05) is 0 Å². The first-order chi connectivity index (χ1) is 7.72. The Kier molecular flexibility index (Phi) is 3.50. The predicted octanol–water partition coefficient (Wildman–Crippen LogP) is 2.49. The van der Waals surface area contributed by atoms with Gasteiger partial charge in [0.05, 0.1) is 5.69 Å². The van der Waals surface area contributed by atoms with E-state index in [2.05, 4.69) is 33.6 Å². The molecule has 0 radical (unpaired) electrons. The molecule has 0 amide bonds. The van der Waals surface area contributed by atoms with Gasteiger partial charge < -0.3 is 4.42 Å². The third-order valence-electron chi connectivity index (χ3n) is 2.03. The Balaban J connectivity index is 2.31. The summed E-state index contributed by atoms with van der Waals surface area (Å²) in [5, 5.41) is 11.9. The lowest BCUT2D eigenvalue weighted by Gasteiger charge is -1.99. The van der Waals surface area contributed by atoms with E-state index in [0.717, 1.165) is 10.6 Å². The molecule has 2 rings (SSSR count). The molecule has 86 valence electrons. The van der Waals surface area contributed by atoms with Crippen LogP contribution in [0.2, 0.25) is 0 Å². The highest BCUT2D eigenvalue weighted by Gasteiger charge is 2.18. The quantitative estimate of drug-likeness (QED) is 0.789. The fraction of sp³-hybridized carbons (Fsp3) is 0.556. The topological polar surface area (TPSA) is 64.7 Å². The van der Waals surface area contributed by atoms with Crippen LogP contribution >= 0.6 is 23.1 Å². The van der Waals surface area contributed by atoms with Crippen LogP contribution in [0, 0.1) is 0 Å². The van der Waals surface area contributed by atoms with E-state index in [4.69, 9.17) is 16.0 Å². The largest absolute Gasteiger partial charge is 0.420 e. The van der Waals surface area contributed by atoms with Crippen molar-refractivity contribution in [2.75, 3.05) is 5.88 Å². The molecule has 5 nitrogen and oxygen atoms in total. The summed E-state index contributed by atoms with van der Waals surface area (Å²) in [7, 11) is 0. The first-order valence-corrected chi connectivity index (χ1v) is 6.24. The smallest absolute Gasteiger partial charge is 0.261 e. The summed E-state index contributed by atoms with van der Waals surface area (Å²) >= 11 is 6.87. The molecule has 0 fully saturated rings. The van der Waals surface area contributed by atoms with Crippen molar-refractivity contribution in [3.05, 3.63) is 11.6 Å². The second-order valence-electron chi connectivity index (χ2n) is 3.58. The first-order valence-electron chi connectivity index (χ1n) is 4.93. The highest BCUT2D eigenvalue weighted by atomic mass is 35.5. The number of rotatable bonds is 4. The molecule has 0 aromatic carbocycles. The molecular formula is C9H11ClN4OS. The molecule has 0 saturated carbocycles. The van der Waals surface area contributed by atoms with Crippen molar-refractivity contribution in [2.24, 2.45) is 0 Å². The molecule has 0 N–H and O–H groups in total. The Bertz CT molecular complexity index is 468. The maximum Gasteiger partial charge on any atom is 0.261 e. The lowest BCUT2D eigenvalue weighted by molar-refractivity contribution is 0.514. The summed E-state index contributed by atoms with van der Waals surface area (Å²) in [5.74, 6) is 1.80. The van der Waals surface area contributed by atoms with Gasteiger partial charge in [0.2, 0.25) is 5.89 Å². The van der Waals surface area contributed by atoms with E-state index in [1.165, 1.54) is 11.5 Å². The molecule has 2 aromatic rings. The second-order valence-corrected chi connectivity index (χ2v) is 4.71. The monoisotopic (exact) mass is 258 g/mol. The summed E-state index contributed by atoms with van der Waals surface area (Å²) in [6.07, 6.45) is 0.581. The van der Waals surface area contributed by atoms with Gasteiger partial charge in [-0.15, -0.1) is 26.9 Å². The van der Waals surface area contributed by atoms with Crippen LogP contribution < -0.4 is 0 Å². The van der Waals surface area contributed by atoms with E-state index >= 15 is 0 Å². The summed E-state index contributed by atoms with van der Waals surface area (Å²) in [6, 6.07) is 0. The lowest BCUT2D eigenvalue weighted by Crippen LogP contribution is -1.90. The standard InChI is InChI=1S/C9H11ClN4OS/c1-5(2)7-8(16-14-12-7)9-13-11-6(15-9)3-4-10/h5H,3-4H2,1-2H3.